The molecular formula is C15H10BrNO2. The number of aldehydes is 1. The van der Waals surface area contributed by atoms with Gasteiger partial charge in [0.25, 0.3) is 0 Å². The average Bonchev–Trinajstić information content (AvgIpc) is 2.41. The Morgan fingerprint density at radius 3 is 2.68 bits per heavy atom. The predicted octanol–water partition coefficient (Wildman–Crippen LogP) is 4.23. The molecular weight excluding hydrogens is 306 g/mol. The second-order valence-electron chi connectivity index (χ2n) is 3.99. The number of benzene rings is 2. The molecule has 2 aromatic rings. The van der Waals surface area contributed by atoms with Gasteiger partial charge in [0.05, 0.1) is 17.2 Å². The van der Waals surface area contributed by atoms with Crippen molar-refractivity contribution >= 4 is 22.2 Å². The summed E-state index contributed by atoms with van der Waals surface area (Å²) < 4.78 is 6.56. The Morgan fingerprint density at radius 1 is 1.21 bits per heavy atom. The first kappa shape index (κ1) is 13.3. The largest absolute Gasteiger partial charge is 0.456 e. The number of ether oxygens (including phenoxy) is 1. The number of aryl methyl sites for hydroxylation is 1. The van der Waals surface area contributed by atoms with Gasteiger partial charge >= 0.3 is 0 Å². The van der Waals surface area contributed by atoms with Crippen LogP contribution in [-0.2, 0) is 0 Å². The summed E-state index contributed by atoms with van der Waals surface area (Å²) in [6, 6.07) is 12.4. The molecule has 2 rings (SSSR count). The first-order valence-electron chi connectivity index (χ1n) is 5.57. The van der Waals surface area contributed by atoms with Crippen LogP contribution in [0.1, 0.15) is 21.5 Å². The van der Waals surface area contributed by atoms with Crippen LogP contribution in [0.5, 0.6) is 11.5 Å². The quantitative estimate of drug-likeness (QED) is 0.796. The molecule has 0 saturated carbocycles. The molecule has 3 nitrogen and oxygen atoms in total. The number of halogens is 1. The topological polar surface area (TPSA) is 50.1 Å². The molecule has 0 spiro atoms. The Bertz CT molecular complexity index is 674. The van der Waals surface area contributed by atoms with Gasteiger partial charge in [-0.1, -0.05) is 22.0 Å². The molecule has 0 amide bonds. The highest BCUT2D eigenvalue weighted by atomic mass is 79.9. The number of rotatable bonds is 3. The van der Waals surface area contributed by atoms with E-state index in [0.29, 0.717) is 22.6 Å². The van der Waals surface area contributed by atoms with Gasteiger partial charge in [0.1, 0.15) is 11.5 Å². The van der Waals surface area contributed by atoms with E-state index in [4.69, 9.17) is 10.00 Å². The Morgan fingerprint density at radius 2 is 2.00 bits per heavy atom. The molecule has 0 unspecified atom stereocenters. The van der Waals surface area contributed by atoms with Crippen molar-refractivity contribution in [2.24, 2.45) is 0 Å². The fraction of sp³-hybridized carbons (Fsp3) is 0.0667. The highest BCUT2D eigenvalue weighted by molar-refractivity contribution is 9.10. The minimum atomic E-state index is 0.461. The van der Waals surface area contributed by atoms with Gasteiger partial charge in [0.15, 0.2) is 6.29 Å². The fourth-order valence-electron chi connectivity index (χ4n) is 1.59. The maximum Gasteiger partial charge on any atom is 0.153 e. The standard InChI is InChI=1S/C15H10BrNO2/c1-10-2-3-11(8-17)6-14(10)19-15-7-13(16)5-4-12(15)9-18/h2-7,9H,1H3. The summed E-state index contributed by atoms with van der Waals surface area (Å²) in [6.45, 7) is 1.88. The molecule has 0 N–H and O–H groups in total. The third kappa shape index (κ3) is 3.01. The van der Waals surface area contributed by atoms with Crippen LogP contribution in [0.3, 0.4) is 0 Å². The van der Waals surface area contributed by atoms with Crippen LogP contribution in [0.4, 0.5) is 0 Å². The normalized spacial score (nSPS) is 9.74. The summed E-state index contributed by atoms with van der Waals surface area (Å²) in [4.78, 5) is 11.0. The van der Waals surface area contributed by atoms with Crippen molar-refractivity contribution in [3.05, 3.63) is 57.6 Å². The van der Waals surface area contributed by atoms with E-state index in [9.17, 15) is 4.79 Å². The third-order valence-electron chi connectivity index (χ3n) is 2.64. The molecule has 0 fully saturated rings. The van der Waals surface area contributed by atoms with Gasteiger partial charge in [-0.05, 0) is 42.8 Å². The second-order valence-corrected chi connectivity index (χ2v) is 4.91. The van der Waals surface area contributed by atoms with E-state index in [1.807, 2.05) is 13.0 Å². The summed E-state index contributed by atoms with van der Waals surface area (Å²) in [7, 11) is 0. The van der Waals surface area contributed by atoms with Crippen LogP contribution < -0.4 is 4.74 Å². The highest BCUT2D eigenvalue weighted by Gasteiger charge is 2.08. The summed E-state index contributed by atoms with van der Waals surface area (Å²) in [5.74, 6) is 1.03. The zero-order chi connectivity index (χ0) is 13.8. The van der Waals surface area contributed by atoms with E-state index < -0.39 is 0 Å². The molecule has 0 saturated heterocycles. The summed E-state index contributed by atoms with van der Waals surface area (Å²) >= 11 is 3.34. The monoisotopic (exact) mass is 315 g/mol. The third-order valence-corrected chi connectivity index (χ3v) is 3.13. The van der Waals surface area contributed by atoms with Gasteiger partial charge in [-0.15, -0.1) is 0 Å². The molecule has 0 aromatic heterocycles. The lowest BCUT2D eigenvalue weighted by Crippen LogP contribution is -1.93. The van der Waals surface area contributed by atoms with Crippen LogP contribution in [0.15, 0.2) is 40.9 Å². The molecule has 0 radical (unpaired) electrons. The van der Waals surface area contributed by atoms with Crippen LogP contribution >= 0.6 is 15.9 Å². The number of carbonyl (C=O) groups is 1. The molecule has 0 aliphatic heterocycles. The van der Waals surface area contributed by atoms with E-state index in [-0.39, 0.29) is 0 Å². The minimum absolute atomic E-state index is 0.461. The van der Waals surface area contributed by atoms with E-state index in [1.165, 1.54) is 0 Å². The number of nitriles is 1. The second kappa shape index (κ2) is 5.68. The van der Waals surface area contributed by atoms with Crippen molar-refractivity contribution in [3.8, 4) is 17.6 Å². The highest BCUT2D eigenvalue weighted by Crippen LogP contribution is 2.30. The lowest BCUT2D eigenvalue weighted by atomic mass is 10.1. The maximum atomic E-state index is 11.0. The van der Waals surface area contributed by atoms with Crippen molar-refractivity contribution < 1.29 is 9.53 Å². The van der Waals surface area contributed by atoms with Crippen molar-refractivity contribution in [3.63, 3.8) is 0 Å². The van der Waals surface area contributed by atoms with E-state index in [1.54, 1.807) is 30.3 Å². The minimum Gasteiger partial charge on any atom is -0.456 e. The van der Waals surface area contributed by atoms with Crippen LogP contribution in [-0.4, -0.2) is 6.29 Å². The summed E-state index contributed by atoms with van der Waals surface area (Å²) in [6.07, 6.45) is 0.741. The number of nitrogens with zero attached hydrogens (tertiary/aromatic N) is 1. The van der Waals surface area contributed by atoms with E-state index >= 15 is 0 Å². The number of hydrogen-bond donors (Lipinski definition) is 0. The number of carbonyl (C=O) groups excluding carboxylic acids is 1. The lowest BCUT2D eigenvalue weighted by molar-refractivity contribution is 0.112. The van der Waals surface area contributed by atoms with Gasteiger partial charge in [0.2, 0.25) is 0 Å². The molecule has 19 heavy (non-hydrogen) atoms. The first-order valence-corrected chi connectivity index (χ1v) is 6.36. The molecule has 4 heteroatoms. The van der Waals surface area contributed by atoms with E-state index in [2.05, 4.69) is 22.0 Å². The first-order chi connectivity index (χ1) is 9.13. The van der Waals surface area contributed by atoms with Gasteiger partial charge < -0.3 is 4.74 Å². The Kier molecular flexibility index (Phi) is 3.98. The van der Waals surface area contributed by atoms with E-state index in [0.717, 1.165) is 16.3 Å². The van der Waals surface area contributed by atoms with Gasteiger partial charge in [0, 0.05) is 4.47 Å². The van der Waals surface area contributed by atoms with Crippen molar-refractivity contribution in [1.82, 2.24) is 0 Å². The molecule has 2 aromatic carbocycles. The van der Waals surface area contributed by atoms with Crippen molar-refractivity contribution in [2.75, 3.05) is 0 Å². The Hall–Kier alpha value is -2.12. The summed E-state index contributed by atoms with van der Waals surface area (Å²) in [5.41, 5.74) is 1.88. The zero-order valence-corrected chi connectivity index (χ0v) is 11.8. The molecule has 0 bridgehead atoms. The zero-order valence-electron chi connectivity index (χ0n) is 10.2. The SMILES string of the molecule is Cc1ccc(C#N)cc1Oc1cc(Br)ccc1C=O. The van der Waals surface area contributed by atoms with Crippen molar-refractivity contribution in [2.45, 2.75) is 6.92 Å². The molecule has 94 valence electrons. The fourth-order valence-corrected chi connectivity index (χ4v) is 1.93. The van der Waals surface area contributed by atoms with Crippen LogP contribution in [0.25, 0.3) is 0 Å². The van der Waals surface area contributed by atoms with Crippen LogP contribution in [0.2, 0.25) is 0 Å². The van der Waals surface area contributed by atoms with Gasteiger partial charge in [-0.25, -0.2) is 0 Å². The molecule has 0 aliphatic rings. The van der Waals surface area contributed by atoms with Crippen LogP contribution in [0, 0.1) is 18.3 Å². The Labute approximate surface area is 119 Å². The lowest BCUT2D eigenvalue weighted by Gasteiger charge is -2.11. The Balaban J connectivity index is 2.44. The number of hydrogen-bond acceptors (Lipinski definition) is 3. The average molecular weight is 316 g/mol. The van der Waals surface area contributed by atoms with Gasteiger partial charge in [-0.2, -0.15) is 5.26 Å². The molecule has 0 heterocycles. The molecule has 0 aliphatic carbocycles. The van der Waals surface area contributed by atoms with Crippen molar-refractivity contribution in [1.29, 1.82) is 5.26 Å². The predicted molar refractivity (Wildman–Crippen MR) is 75.5 cm³/mol. The maximum absolute atomic E-state index is 11.0. The molecule has 0 atom stereocenters. The smallest absolute Gasteiger partial charge is 0.153 e. The van der Waals surface area contributed by atoms with Gasteiger partial charge in [-0.3, -0.25) is 4.79 Å². The summed E-state index contributed by atoms with van der Waals surface area (Å²) in [5, 5.41) is 8.89.